The molecule has 94 valence electrons. The van der Waals surface area contributed by atoms with Gasteiger partial charge in [0, 0.05) is 19.2 Å². The molecule has 2 rings (SSSR count). The van der Waals surface area contributed by atoms with Crippen molar-refractivity contribution in [3.63, 3.8) is 0 Å². The van der Waals surface area contributed by atoms with Gasteiger partial charge < -0.3 is 10.3 Å². The van der Waals surface area contributed by atoms with Crippen LogP contribution in [0.3, 0.4) is 0 Å². The number of aromatic nitrogens is 2. The van der Waals surface area contributed by atoms with Crippen LogP contribution in [0.15, 0.2) is 11.2 Å². The molecule has 1 aromatic rings. The minimum atomic E-state index is 0.602. The molecular formula is C11H19N5S. The molecular weight excluding hydrogens is 234 g/mol. The Morgan fingerprint density at radius 2 is 2.12 bits per heavy atom. The Hall–Kier alpha value is -1.01. The fourth-order valence-electron chi connectivity index (χ4n) is 2.24. The van der Waals surface area contributed by atoms with E-state index < -0.39 is 0 Å². The normalized spacial score (nSPS) is 16.2. The largest absolute Gasteiger partial charge is 0.356 e. The first kappa shape index (κ1) is 12.4. The summed E-state index contributed by atoms with van der Waals surface area (Å²) in [6.45, 7) is 0. The summed E-state index contributed by atoms with van der Waals surface area (Å²) >= 11 is 1.53. The number of nitrogens with one attached hydrogen (secondary N) is 1. The summed E-state index contributed by atoms with van der Waals surface area (Å²) in [6.07, 6.45) is 7.10. The fourth-order valence-corrected chi connectivity index (χ4v) is 2.61. The van der Waals surface area contributed by atoms with Crippen LogP contribution >= 0.6 is 11.8 Å². The van der Waals surface area contributed by atoms with E-state index in [-0.39, 0.29) is 0 Å². The first-order chi connectivity index (χ1) is 8.24. The van der Waals surface area contributed by atoms with Gasteiger partial charge in [0.25, 0.3) is 0 Å². The molecule has 1 fully saturated rings. The summed E-state index contributed by atoms with van der Waals surface area (Å²) in [5, 5.41) is 0.750. The van der Waals surface area contributed by atoms with E-state index in [1.807, 2.05) is 12.3 Å². The van der Waals surface area contributed by atoms with Crippen LogP contribution in [0.4, 0.5) is 11.6 Å². The Morgan fingerprint density at radius 1 is 1.41 bits per heavy atom. The lowest BCUT2D eigenvalue weighted by atomic mass is 10.2. The zero-order valence-corrected chi connectivity index (χ0v) is 11.1. The first-order valence-corrected chi connectivity index (χ1v) is 7.09. The summed E-state index contributed by atoms with van der Waals surface area (Å²) < 4.78 is 0. The van der Waals surface area contributed by atoms with Crippen molar-refractivity contribution in [2.45, 2.75) is 36.9 Å². The summed E-state index contributed by atoms with van der Waals surface area (Å²) in [7, 11) is 2.10. The Balaban J connectivity index is 2.23. The predicted octanol–water partition coefficient (Wildman–Crippen LogP) is 1.86. The highest BCUT2D eigenvalue weighted by Crippen LogP contribution is 2.27. The highest BCUT2D eigenvalue weighted by Gasteiger charge is 2.21. The van der Waals surface area contributed by atoms with E-state index in [0.29, 0.717) is 11.9 Å². The van der Waals surface area contributed by atoms with Gasteiger partial charge in [0.1, 0.15) is 11.6 Å². The van der Waals surface area contributed by atoms with Gasteiger partial charge in [-0.3, -0.25) is 0 Å². The number of hydrogen-bond donors (Lipinski definition) is 2. The van der Waals surface area contributed by atoms with Gasteiger partial charge >= 0.3 is 0 Å². The van der Waals surface area contributed by atoms with Crippen molar-refractivity contribution in [1.29, 1.82) is 0 Å². The minimum Gasteiger partial charge on any atom is -0.356 e. The van der Waals surface area contributed by atoms with Crippen molar-refractivity contribution < 1.29 is 0 Å². The van der Waals surface area contributed by atoms with Crippen LogP contribution in [0.2, 0.25) is 0 Å². The van der Waals surface area contributed by atoms with E-state index in [4.69, 9.17) is 5.84 Å². The summed E-state index contributed by atoms with van der Waals surface area (Å²) in [6, 6.07) is 2.50. The predicted molar refractivity (Wildman–Crippen MR) is 72.3 cm³/mol. The van der Waals surface area contributed by atoms with Crippen LogP contribution < -0.4 is 16.2 Å². The first-order valence-electron chi connectivity index (χ1n) is 5.87. The Kier molecular flexibility index (Phi) is 4.06. The average Bonchev–Trinajstić information content (AvgIpc) is 2.91. The molecule has 0 spiro atoms. The second kappa shape index (κ2) is 5.55. The number of nitrogens with zero attached hydrogens (tertiary/aromatic N) is 3. The topological polar surface area (TPSA) is 67.1 Å². The Morgan fingerprint density at radius 3 is 2.71 bits per heavy atom. The van der Waals surface area contributed by atoms with Gasteiger partial charge in [-0.1, -0.05) is 24.6 Å². The number of rotatable bonds is 4. The molecule has 3 N–H and O–H groups in total. The molecule has 17 heavy (non-hydrogen) atoms. The van der Waals surface area contributed by atoms with Gasteiger partial charge in [-0.25, -0.2) is 15.8 Å². The second-order valence-corrected chi connectivity index (χ2v) is 5.07. The van der Waals surface area contributed by atoms with Crippen molar-refractivity contribution in [2.24, 2.45) is 5.84 Å². The average molecular weight is 253 g/mol. The van der Waals surface area contributed by atoms with E-state index in [2.05, 4.69) is 27.3 Å². The maximum atomic E-state index is 5.43. The number of hydrazine groups is 1. The molecule has 5 nitrogen and oxygen atoms in total. The van der Waals surface area contributed by atoms with E-state index in [1.165, 1.54) is 37.4 Å². The lowest BCUT2D eigenvalue weighted by Gasteiger charge is -2.25. The molecule has 6 heteroatoms. The Bertz CT molecular complexity index is 356. The molecule has 0 saturated heterocycles. The summed E-state index contributed by atoms with van der Waals surface area (Å²) in [5.74, 6) is 7.05. The van der Waals surface area contributed by atoms with Crippen molar-refractivity contribution in [1.82, 2.24) is 9.97 Å². The van der Waals surface area contributed by atoms with Gasteiger partial charge in [-0.15, -0.1) is 0 Å². The van der Waals surface area contributed by atoms with E-state index in [0.717, 1.165) is 11.0 Å². The lowest BCUT2D eigenvalue weighted by Crippen LogP contribution is -2.30. The maximum absolute atomic E-state index is 5.43. The lowest BCUT2D eigenvalue weighted by molar-refractivity contribution is 0.642. The van der Waals surface area contributed by atoms with Crippen LogP contribution in [0, 0.1) is 0 Å². The zero-order valence-electron chi connectivity index (χ0n) is 10.3. The van der Waals surface area contributed by atoms with Crippen molar-refractivity contribution >= 4 is 23.4 Å². The summed E-state index contributed by atoms with van der Waals surface area (Å²) in [4.78, 5) is 11.0. The molecule has 0 atom stereocenters. The van der Waals surface area contributed by atoms with Gasteiger partial charge in [-0.05, 0) is 19.1 Å². The van der Waals surface area contributed by atoms with E-state index in [9.17, 15) is 0 Å². The maximum Gasteiger partial charge on any atom is 0.191 e. The van der Waals surface area contributed by atoms with Gasteiger partial charge in [0.15, 0.2) is 5.16 Å². The van der Waals surface area contributed by atoms with Crippen LogP contribution in [0.25, 0.3) is 0 Å². The molecule has 0 unspecified atom stereocenters. The molecule has 1 saturated carbocycles. The van der Waals surface area contributed by atoms with E-state index >= 15 is 0 Å². The molecule has 1 heterocycles. The third-order valence-corrected chi connectivity index (χ3v) is 3.80. The molecule has 0 amide bonds. The number of nitrogens with two attached hydrogens (primary N) is 1. The standard InChI is InChI=1S/C11H19N5S/c1-16(8-5-3-4-6-8)10-7-9(15-12)13-11(14-10)17-2/h7-8H,3-6,12H2,1-2H3,(H,13,14,15). The summed E-state index contributed by atoms with van der Waals surface area (Å²) in [5.41, 5.74) is 2.60. The molecule has 1 aliphatic carbocycles. The number of nitrogen functional groups attached to an aromatic ring is 1. The van der Waals surface area contributed by atoms with Crippen LogP contribution in [0.5, 0.6) is 0 Å². The fraction of sp³-hybridized carbons (Fsp3) is 0.636. The van der Waals surface area contributed by atoms with Crippen LogP contribution in [-0.2, 0) is 0 Å². The molecule has 0 radical (unpaired) electrons. The van der Waals surface area contributed by atoms with Crippen LogP contribution in [-0.4, -0.2) is 29.3 Å². The van der Waals surface area contributed by atoms with Crippen LogP contribution in [0.1, 0.15) is 25.7 Å². The number of anilines is 2. The molecule has 0 aromatic carbocycles. The highest BCUT2D eigenvalue weighted by atomic mass is 32.2. The second-order valence-electron chi connectivity index (χ2n) is 4.29. The number of thioether (sulfide) groups is 1. The molecule has 1 aromatic heterocycles. The monoisotopic (exact) mass is 253 g/mol. The third-order valence-electron chi connectivity index (χ3n) is 3.26. The molecule has 1 aliphatic rings. The Labute approximate surface area is 106 Å². The third kappa shape index (κ3) is 2.81. The smallest absolute Gasteiger partial charge is 0.191 e. The quantitative estimate of drug-likeness (QED) is 0.369. The van der Waals surface area contributed by atoms with Crippen molar-refractivity contribution in [3.05, 3.63) is 6.07 Å². The van der Waals surface area contributed by atoms with Gasteiger partial charge in [0.2, 0.25) is 0 Å². The van der Waals surface area contributed by atoms with Gasteiger partial charge in [0.05, 0.1) is 0 Å². The van der Waals surface area contributed by atoms with Gasteiger partial charge in [-0.2, -0.15) is 0 Å². The van der Waals surface area contributed by atoms with Crippen molar-refractivity contribution in [3.8, 4) is 0 Å². The SMILES string of the molecule is CSc1nc(NN)cc(N(C)C2CCCC2)n1. The van der Waals surface area contributed by atoms with E-state index in [1.54, 1.807) is 0 Å². The molecule has 0 bridgehead atoms. The minimum absolute atomic E-state index is 0.602. The zero-order chi connectivity index (χ0) is 12.3. The highest BCUT2D eigenvalue weighted by molar-refractivity contribution is 7.98. The molecule has 0 aliphatic heterocycles. The number of hydrogen-bond acceptors (Lipinski definition) is 6. The van der Waals surface area contributed by atoms with Crippen molar-refractivity contribution in [2.75, 3.05) is 23.6 Å².